The van der Waals surface area contributed by atoms with Crippen LogP contribution in [0.15, 0.2) is 66.7 Å². The first-order valence-electron chi connectivity index (χ1n) is 11.0. The van der Waals surface area contributed by atoms with Gasteiger partial charge < -0.3 is 9.64 Å². The molecule has 0 aliphatic carbocycles. The predicted molar refractivity (Wildman–Crippen MR) is 129 cm³/mol. The molecule has 32 heavy (non-hydrogen) atoms. The highest BCUT2D eigenvalue weighted by atomic mass is 35.5. The van der Waals surface area contributed by atoms with E-state index in [1.807, 2.05) is 54.3 Å². The van der Waals surface area contributed by atoms with Crippen LogP contribution in [0.25, 0.3) is 0 Å². The van der Waals surface area contributed by atoms with E-state index in [0.29, 0.717) is 22.9 Å². The molecule has 5 heteroatoms. The number of benzene rings is 3. The Kier molecular flexibility index (Phi) is 7.13. The second-order valence-electron chi connectivity index (χ2n) is 8.48. The number of carbonyl (C=O) groups is 1. The van der Waals surface area contributed by atoms with Gasteiger partial charge in [-0.25, -0.2) is 0 Å². The summed E-state index contributed by atoms with van der Waals surface area (Å²) in [4.78, 5) is 17.4. The lowest BCUT2D eigenvalue weighted by Crippen LogP contribution is -2.48. The number of ether oxygens (including phenoxy) is 1. The normalized spacial score (nSPS) is 14.4. The third-order valence-corrected chi connectivity index (χ3v) is 6.15. The number of amides is 1. The summed E-state index contributed by atoms with van der Waals surface area (Å²) in [7, 11) is 0. The lowest BCUT2D eigenvalue weighted by molar-refractivity contribution is 0.0628. The van der Waals surface area contributed by atoms with E-state index >= 15 is 0 Å². The molecule has 1 amide bonds. The van der Waals surface area contributed by atoms with Crippen LogP contribution in [0.4, 0.5) is 0 Å². The Balaban J connectivity index is 1.32. The standard InChI is InChI=1S/C27H29ClN2O2/c1-20-6-9-22(10-7-20)18-29-12-14-30(15-13-29)27(31)24-5-3-4-23(17-24)19-32-26-16-21(2)8-11-25(26)28/h3-11,16-17H,12-15,18-19H2,1-2H3. The van der Waals surface area contributed by atoms with Gasteiger partial charge in [-0.3, -0.25) is 9.69 Å². The second-order valence-corrected chi connectivity index (χ2v) is 8.88. The first-order chi connectivity index (χ1) is 15.5. The summed E-state index contributed by atoms with van der Waals surface area (Å²) in [6, 6.07) is 22.1. The van der Waals surface area contributed by atoms with Crippen molar-refractivity contribution in [2.75, 3.05) is 26.2 Å². The van der Waals surface area contributed by atoms with Crippen LogP contribution >= 0.6 is 11.6 Å². The molecule has 0 unspecified atom stereocenters. The van der Waals surface area contributed by atoms with Crippen molar-refractivity contribution in [2.45, 2.75) is 27.0 Å². The molecule has 1 saturated heterocycles. The molecule has 1 heterocycles. The molecule has 0 aromatic heterocycles. The molecule has 166 valence electrons. The van der Waals surface area contributed by atoms with E-state index in [-0.39, 0.29) is 5.91 Å². The van der Waals surface area contributed by atoms with E-state index in [0.717, 1.165) is 43.9 Å². The Morgan fingerprint density at radius 3 is 2.34 bits per heavy atom. The van der Waals surface area contributed by atoms with Crippen LogP contribution in [0.5, 0.6) is 5.75 Å². The molecule has 1 aliphatic heterocycles. The Bertz CT molecular complexity index is 1070. The smallest absolute Gasteiger partial charge is 0.253 e. The number of rotatable bonds is 6. The highest BCUT2D eigenvalue weighted by molar-refractivity contribution is 6.32. The highest BCUT2D eigenvalue weighted by Crippen LogP contribution is 2.26. The number of piperazine rings is 1. The van der Waals surface area contributed by atoms with E-state index in [1.54, 1.807) is 0 Å². The third-order valence-electron chi connectivity index (χ3n) is 5.84. The lowest BCUT2D eigenvalue weighted by atomic mass is 10.1. The Morgan fingerprint density at radius 1 is 0.875 bits per heavy atom. The van der Waals surface area contributed by atoms with Crippen LogP contribution in [-0.2, 0) is 13.2 Å². The largest absolute Gasteiger partial charge is 0.487 e. The fraction of sp³-hybridized carbons (Fsp3) is 0.296. The zero-order valence-electron chi connectivity index (χ0n) is 18.7. The van der Waals surface area contributed by atoms with Crippen molar-refractivity contribution < 1.29 is 9.53 Å². The molecule has 4 nitrogen and oxygen atoms in total. The van der Waals surface area contributed by atoms with Crippen molar-refractivity contribution in [1.82, 2.24) is 9.80 Å². The van der Waals surface area contributed by atoms with Crippen molar-refractivity contribution in [3.05, 3.63) is 99.6 Å². The lowest BCUT2D eigenvalue weighted by Gasteiger charge is -2.35. The Hall–Kier alpha value is -2.82. The number of hydrogen-bond donors (Lipinski definition) is 0. The predicted octanol–water partition coefficient (Wildman–Crippen LogP) is 5.49. The highest BCUT2D eigenvalue weighted by Gasteiger charge is 2.22. The van der Waals surface area contributed by atoms with Crippen LogP contribution in [0.1, 0.15) is 32.6 Å². The van der Waals surface area contributed by atoms with Gasteiger partial charge in [0.2, 0.25) is 0 Å². The molecule has 0 bridgehead atoms. The molecule has 3 aromatic rings. The zero-order chi connectivity index (χ0) is 22.5. The number of nitrogens with zero attached hydrogens (tertiary/aromatic N) is 2. The molecule has 1 fully saturated rings. The Labute approximate surface area is 195 Å². The molecular weight excluding hydrogens is 420 g/mol. The molecule has 1 aliphatic rings. The summed E-state index contributed by atoms with van der Waals surface area (Å²) in [6.07, 6.45) is 0. The summed E-state index contributed by atoms with van der Waals surface area (Å²) in [5.41, 5.74) is 5.34. The minimum atomic E-state index is 0.0791. The van der Waals surface area contributed by atoms with Crippen molar-refractivity contribution in [2.24, 2.45) is 0 Å². The molecule has 0 saturated carbocycles. The van der Waals surface area contributed by atoms with Crippen molar-refractivity contribution in [1.29, 1.82) is 0 Å². The molecule has 4 rings (SSSR count). The third kappa shape index (κ3) is 5.70. The van der Waals surface area contributed by atoms with Crippen LogP contribution in [-0.4, -0.2) is 41.9 Å². The van der Waals surface area contributed by atoms with Gasteiger partial charge in [0.1, 0.15) is 12.4 Å². The average Bonchev–Trinajstić information content (AvgIpc) is 2.81. The SMILES string of the molecule is Cc1ccc(CN2CCN(C(=O)c3cccc(COc4cc(C)ccc4Cl)c3)CC2)cc1. The van der Waals surface area contributed by atoms with Crippen LogP contribution in [0, 0.1) is 13.8 Å². The monoisotopic (exact) mass is 448 g/mol. The van der Waals surface area contributed by atoms with Gasteiger partial charge in [-0.15, -0.1) is 0 Å². The topological polar surface area (TPSA) is 32.8 Å². The van der Waals surface area contributed by atoms with Crippen LogP contribution in [0.2, 0.25) is 5.02 Å². The summed E-state index contributed by atoms with van der Waals surface area (Å²) in [5.74, 6) is 0.739. The summed E-state index contributed by atoms with van der Waals surface area (Å²) in [5, 5.41) is 0.589. The molecule has 0 spiro atoms. The molecule has 0 radical (unpaired) electrons. The van der Waals surface area contributed by atoms with E-state index < -0.39 is 0 Å². The van der Waals surface area contributed by atoms with Crippen molar-refractivity contribution in [3.8, 4) is 5.75 Å². The van der Waals surface area contributed by atoms with E-state index in [9.17, 15) is 4.79 Å². The number of aryl methyl sites for hydroxylation is 2. The van der Waals surface area contributed by atoms with Gasteiger partial charge in [-0.05, 0) is 54.8 Å². The van der Waals surface area contributed by atoms with E-state index in [4.69, 9.17) is 16.3 Å². The maximum Gasteiger partial charge on any atom is 0.253 e. The van der Waals surface area contributed by atoms with Crippen LogP contribution < -0.4 is 4.74 Å². The van der Waals surface area contributed by atoms with Gasteiger partial charge in [0.25, 0.3) is 5.91 Å². The minimum Gasteiger partial charge on any atom is -0.487 e. The summed E-state index contributed by atoms with van der Waals surface area (Å²) < 4.78 is 5.90. The van der Waals surface area contributed by atoms with E-state index in [1.165, 1.54) is 11.1 Å². The number of halogens is 1. The summed E-state index contributed by atoms with van der Waals surface area (Å²) in [6.45, 7) is 8.65. The summed E-state index contributed by atoms with van der Waals surface area (Å²) >= 11 is 6.23. The zero-order valence-corrected chi connectivity index (χ0v) is 19.4. The maximum absolute atomic E-state index is 13.1. The van der Waals surface area contributed by atoms with Gasteiger partial charge >= 0.3 is 0 Å². The van der Waals surface area contributed by atoms with Crippen LogP contribution in [0.3, 0.4) is 0 Å². The van der Waals surface area contributed by atoms with Gasteiger partial charge in [0.05, 0.1) is 5.02 Å². The first kappa shape index (κ1) is 22.4. The fourth-order valence-corrected chi connectivity index (χ4v) is 4.09. The maximum atomic E-state index is 13.1. The first-order valence-corrected chi connectivity index (χ1v) is 11.4. The number of hydrogen-bond acceptors (Lipinski definition) is 3. The fourth-order valence-electron chi connectivity index (χ4n) is 3.92. The van der Waals surface area contributed by atoms with Crippen molar-refractivity contribution in [3.63, 3.8) is 0 Å². The van der Waals surface area contributed by atoms with Gasteiger partial charge in [0.15, 0.2) is 0 Å². The molecular formula is C27H29ClN2O2. The van der Waals surface area contributed by atoms with E-state index in [2.05, 4.69) is 36.1 Å². The van der Waals surface area contributed by atoms with Gasteiger partial charge in [-0.1, -0.05) is 59.6 Å². The molecule has 0 atom stereocenters. The molecule has 3 aromatic carbocycles. The average molecular weight is 449 g/mol. The number of carbonyl (C=O) groups excluding carboxylic acids is 1. The minimum absolute atomic E-state index is 0.0791. The molecule has 0 N–H and O–H groups in total. The van der Waals surface area contributed by atoms with Gasteiger partial charge in [-0.2, -0.15) is 0 Å². The van der Waals surface area contributed by atoms with Gasteiger partial charge in [0, 0.05) is 38.3 Å². The second kappa shape index (κ2) is 10.2. The quantitative estimate of drug-likeness (QED) is 0.499. The van der Waals surface area contributed by atoms with Crippen molar-refractivity contribution >= 4 is 17.5 Å². The Morgan fingerprint density at radius 2 is 1.59 bits per heavy atom.